The van der Waals surface area contributed by atoms with E-state index in [0.29, 0.717) is 18.8 Å². The van der Waals surface area contributed by atoms with Gasteiger partial charge in [-0.25, -0.2) is 10.5 Å². The van der Waals surface area contributed by atoms with Gasteiger partial charge in [-0.1, -0.05) is 36.4 Å². The molecule has 238 valence electrons. The standard InChI is InChI=1S/C35H44N5O3PS/c1-6-40(37)29-17-16-27(23(2)33(29)36)32(35(4,5)34(41)43-22-25-12-8-7-9-13-25)31-20-26(24(3)45-31)21-39-19-11-14-28-30(44(39)42)15-10-18-38-28/h7-10,12-13,15-18,20,32,44H,6,11,14,19,21-22,36-37H2,1-5H3. The van der Waals surface area contributed by atoms with Crippen LogP contribution >= 0.6 is 19.3 Å². The second kappa shape index (κ2) is 13.9. The third-order valence-electron chi connectivity index (χ3n) is 8.89. The number of aromatic nitrogens is 1. The predicted molar refractivity (Wildman–Crippen MR) is 185 cm³/mol. The largest absolute Gasteiger partial charge is 0.460 e. The molecule has 0 spiro atoms. The molecule has 4 aromatic rings. The fourth-order valence-corrected chi connectivity index (χ4v) is 9.17. The van der Waals surface area contributed by atoms with E-state index in [1.807, 2.05) is 82.3 Å². The Hall–Kier alpha value is -3.49. The molecule has 4 N–H and O–H groups in total. The molecule has 1 aliphatic heterocycles. The van der Waals surface area contributed by atoms with E-state index in [9.17, 15) is 9.36 Å². The average Bonchev–Trinajstić information content (AvgIpc) is 3.31. The highest BCUT2D eigenvalue weighted by Crippen LogP contribution is 2.48. The van der Waals surface area contributed by atoms with Crippen molar-refractivity contribution in [2.24, 2.45) is 11.3 Å². The Labute approximate surface area is 271 Å². The molecule has 3 heterocycles. The maximum Gasteiger partial charge on any atom is 0.312 e. The topological polar surface area (TPSA) is 115 Å². The van der Waals surface area contributed by atoms with E-state index in [1.165, 1.54) is 0 Å². The normalized spacial score (nSPS) is 16.1. The fourth-order valence-electron chi connectivity index (χ4n) is 6.13. The van der Waals surface area contributed by atoms with Crippen molar-refractivity contribution in [3.05, 3.63) is 105 Å². The Morgan fingerprint density at radius 2 is 1.91 bits per heavy atom. The molecule has 0 saturated heterocycles. The van der Waals surface area contributed by atoms with Gasteiger partial charge in [-0.05, 0) is 94.0 Å². The van der Waals surface area contributed by atoms with Crippen molar-refractivity contribution in [2.45, 2.75) is 66.5 Å². The van der Waals surface area contributed by atoms with Crippen LogP contribution in [-0.4, -0.2) is 28.7 Å². The van der Waals surface area contributed by atoms with E-state index < -0.39 is 13.4 Å². The monoisotopic (exact) mass is 645 g/mol. The van der Waals surface area contributed by atoms with E-state index in [-0.39, 0.29) is 18.5 Å². The van der Waals surface area contributed by atoms with Gasteiger partial charge in [0.1, 0.15) is 6.61 Å². The smallest absolute Gasteiger partial charge is 0.312 e. The summed E-state index contributed by atoms with van der Waals surface area (Å²) in [6.07, 6.45) is 3.51. The number of pyridine rings is 1. The highest BCUT2D eigenvalue weighted by atomic mass is 32.1. The van der Waals surface area contributed by atoms with Crippen molar-refractivity contribution in [3.63, 3.8) is 0 Å². The second-order valence-corrected chi connectivity index (χ2v) is 15.3. The zero-order valence-electron chi connectivity index (χ0n) is 26.8. The lowest BCUT2D eigenvalue weighted by Crippen LogP contribution is -2.34. The van der Waals surface area contributed by atoms with Gasteiger partial charge in [0.2, 0.25) is 0 Å². The van der Waals surface area contributed by atoms with Crippen LogP contribution < -0.4 is 21.9 Å². The quantitative estimate of drug-likeness (QED) is 0.0661. The number of carbonyl (C=O) groups is 1. The van der Waals surface area contributed by atoms with Crippen LogP contribution in [-0.2, 0) is 33.7 Å². The van der Waals surface area contributed by atoms with Crippen molar-refractivity contribution < 1.29 is 14.1 Å². The molecule has 2 unspecified atom stereocenters. The van der Waals surface area contributed by atoms with E-state index in [2.05, 4.69) is 22.6 Å². The number of nitrogens with zero attached hydrogens (tertiary/aromatic N) is 3. The molecular formula is C35H44N5O3PS. The number of ether oxygens (including phenoxy) is 1. The van der Waals surface area contributed by atoms with Gasteiger partial charge in [-0.3, -0.25) is 9.78 Å². The lowest BCUT2D eigenvalue weighted by molar-refractivity contribution is -0.156. The van der Waals surface area contributed by atoms with Crippen molar-refractivity contribution in [1.29, 1.82) is 0 Å². The zero-order valence-corrected chi connectivity index (χ0v) is 28.6. The number of hydrogen-bond donors (Lipinski definition) is 2. The molecule has 45 heavy (non-hydrogen) atoms. The number of aryl methyl sites for hydroxylation is 2. The van der Waals surface area contributed by atoms with E-state index in [4.69, 9.17) is 16.3 Å². The number of thiophene rings is 1. The molecule has 0 radical (unpaired) electrons. The van der Waals surface area contributed by atoms with Crippen LogP contribution in [0.4, 0.5) is 11.4 Å². The molecule has 0 amide bonds. The van der Waals surface area contributed by atoms with Crippen molar-refractivity contribution in [1.82, 2.24) is 9.65 Å². The number of nitrogen functional groups attached to an aromatic ring is 1. The number of hydrazine groups is 1. The minimum Gasteiger partial charge on any atom is -0.460 e. The summed E-state index contributed by atoms with van der Waals surface area (Å²) in [4.78, 5) is 20.6. The molecule has 1 aliphatic rings. The Morgan fingerprint density at radius 3 is 2.64 bits per heavy atom. The first kappa shape index (κ1) is 32.9. The van der Waals surface area contributed by atoms with Crippen molar-refractivity contribution in [2.75, 3.05) is 23.8 Å². The van der Waals surface area contributed by atoms with E-state index in [1.54, 1.807) is 22.5 Å². The number of fused-ring (bicyclic) bond motifs is 1. The summed E-state index contributed by atoms with van der Waals surface area (Å²) in [5.41, 5.74) is 11.9. The first-order valence-electron chi connectivity index (χ1n) is 15.5. The molecule has 0 fully saturated rings. The molecule has 0 bridgehead atoms. The molecule has 2 aromatic carbocycles. The molecule has 5 rings (SSSR count). The van der Waals surface area contributed by atoms with Crippen LogP contribution in [0.2, 0.25) is 0 Å². The van der Waals surface area contributed by atoms with Gasteiger partial charge in [-0.15, -0.1) is 11.3 Å². The summed E-state index contributed by atoms with van der Waals surface area (Å²) < 4.78 is 21.8. The third kappa shape index (κ3) is 6.87. The zero-order chi connectivity index (χ0) is 32.3. The summed E-state index contributed by atoms with van der Waals surface area (Å²) in [6, 6.07) is 19.7. The van der Waals surface area contributed by atoms with Crippen LogP contribution in [0.5, 0.6) is 0 Å². The lowest BCUT2D eigenvalue weighted by Gasteiger charge is -2.34. The Balaban J connectivity index is 1.52. The van der Waals surface area contributed by atoms with Crippen LogP contribution in [0.25, 0.3) is 0 Å². The Bertz CT molecular complexity index is 1690. The fraction of sp³-hybridized carbons (Fsp3) is 0.371. The maximum atomic E-state index is 13.9. The number of rotatable bonds is 10. The Morgan fingerprint density at radius 1 is 1.16 bits per heavy atom. The lowest BCUT2D eigenvalue weighted by atomic mass is 9.72. The number of hydrogen-bond acceptors (Lipinski definition) is 8. The predicted octanol–water partition coefficient (Wildman–Crippen LogP) is 6.49. The molecule has 2 atom stereocenters. The van der Waals surface area contributed by atoms with Crippen molar-refractivity contribution in [3.8, 4) is 0 Å². The average molecular weight is 646 g/mol. The molecule has 8 nitrogen and oxygen atoms in total. The highest BCUT2D eigenvalue weighted by Gasteiger charge is 2.42. The molecule has 2 aromatic heterocycles. The van der Waals surface area contributed by atoms with Gasteiger partial charge in [0.05, 0.1) is 22.5 Å². The number of benzene rings is 2. The molecule has 0 saturated carbocycles. The first-order chi connectivity index (χ1) is 21.5. The minimum atomic E-state index is -2.18. The summed E-state index contributed by atoms with van der Waals surface area (Å²) in [5.74, 6) is 5.61. The van der Waals surface area contributed by atoms with E-state index >= 15 is 0 Å². The summed E-state index contributed by atoms with van der Waals surface area (Å²) in [6.45, 7) is 12.1. The minimum absolute atomic E-state index is 0.197. The van der Waals surface area contributed by atoms with Gasteiger partial charge in [0.25, 0.3) is 0 Å². The van der Waals surface area contributed by atoms with Crippen LogP contribution in [0.3, 0.4) is 0 Å². The maximum absolute atomic E-state index is 13.9. The number of anilines is 2. The van der Waals surface area contributed by atoms with Crippen LogP contribution in [0, 0.1) is 19.3 Å². The summed E-state index contributed by atoms with van der Waals surface area (Å²) in [5, 5.41) is 2.49. The molecular weight excluding hydrogens is 601 g/mol. The van der Waals surface area contributed by atoms with Gasteiger partial charge >= 0.3 is 5.97 Å². The third-order valence-corrected chi connectivity index (χ3v) is 11.9. The number of carbonyl (C=O) groups excluding carboxylic acids is 1. The second-order valence-electron chi connectivity index (χ2n) is 12.3. The molecule has 10 heteroatoms. The summed E-state index contributed by atoms with van der Waals surface area (Å²) in [7, 11) is -2.18. The van der Waals surface area contributed by atoms with Crippen LogP contribution in [0.1, 0.15) is 70.8 Å². The van der Waals surface area contributed by atoms with Gasteiger partial charge in [-0.2, -0.15) is 0 Å². The highest BCUT2D eigenvalue weighted by molar-refractivity contribution is 7.51. The summed E-state index contributed by atoms with van der Waals surface area (Å²) >= 11 is 1.67. The van der Waals surface area contributed by atoms with Crippen LogP contribution in [0.15, 0.2) is 66.9 Å². The molecule has 0 aliphatic carbocycles. The SMILES string of the molecule is CCN(N)c1ccc(C(c2cc(CN3CCCc4ncccc4[PH]3=O)c(C)s2)C(C)(C)C(=O)OCc2ccccc2)c(C)c1N. The van der Waals surface area contributed by atoms with Gasteiger partial charge in [0.15, 0.2) is 7.95 Å². The van der Waals surface area contributed by atoms with E-state index in [0.717, 1.165) is 68.1 Å². The Kier molecular flexibility index (Phi) is 10.1. The van der Waals surface area contributed by atoms with Gasteiger partial charge in [0, 0.05) is 46.8 Å². The first-order valence-corrected chi connectivity index (χ1v) is 17.6. The van der Waals surface area contributed by atoms with Gasteiger partial charge < -0.3 is 20.0 Å². The number of esters is 1. The van der Waals surface area contributed by atoms with Crippen molar-refractivity contribution >= 4 is 41.9 Å². The number of nitrogens with two attached hydrogens (primary N) is 2.